The van der Waals surface area contributed by atoms with Gasteiger partial charge in [-0.2, -0.15) is 0 Å². The number of benzene rings is 1. The summed E-state index contributed by atoms with van der Waals surface area (Å²) in [4.78, 5) is 26.8. The van der Waals surface area contributed by atoms with Gasteiger partial charge in [-0.15, -0.1) is 0 Å². The Bertz CT molecular complexity index is 1250. The summed E-state index contributed by atoms with van der Waals surface area (Å²) < 4.78 is 5.68. The molecule has 0 radical (unpaired) electrons. The van der Waals surface area contributed by atoms with Crippen LogP contribution in [0.3, 0.4) is 0 Å². The highest BCUT2D eigenvalue weighted by Crippen LogP contribution is 2.36. The maximum atomic E-state index is 12.9. The molecule has 2 N–H and O–H groups in total. The number of carbonyl (C=O) groups excluding carboxylic acids is 1. The number of amides is 1. The van der Waals surface area contributed by atoms with E-state index in [1.165, 1.54) is 0 Å². The fraction of sp³-hybridized carbons (Fsp3) is 0.393. The minimum absolute atomic E-state index is 0.0571. The van der Waals surface area contributed by atoms with Crippen LogP contribution in [-0.4, -0.2) is 67.2 Å². The number of likely N-dealkylation sites (N-methyl/N-ethyl adjacent to an activating group) is 1. The number of pyridine rings is 2. The lowest BCUT2D eigenvalue weighted by atomic mass is 9.92. The SMILES string of the molecule is CN1CCN(c2ccc(Nc3ccc(-c4ccnc(C5CCCOC5)c4)c4c3C(=O)NC4)nc2)CC1. The zero-order valence-corrected chi connectivity index (χ0v) is 20.7. The summed E-state index contributed by atoms with van der Waals surface area (Å²) >= 11 is 0. The second-order valence-electron chi connectivity index (χ2n) is 9.90. The predicted octanol–water partition coefficient (Wildman–Crippen LogP) is 3.78. The summed E-state index contributed by atoms with van der Waals surface area (Å²) in [6, 6.07) is 12.3. The lowest BCUT2D eigenvalue weighted by molar-refractivity contribution is 0.0793. The van der Waals surface area contributed by atoms with Crippen LogP contribution >= 0.6 is 0 Å². The number of fused-ring (bicyclic) bond motifs is 1. The molecule has 3 aliphatic rings. The molecular weight excluding hydrogens is 452 g/mol. The number of aromatic nitrogens is 2. The van der Waals surface area contributed by atoms with E-state index in [0.29, 0.717) is 18.0 Å². The summed E-state index contributed by atoms with van der Waals surface area (Å²) in [7, 11) is 2.15. The van der Waals surface area contributed by atoms with Crippen molar-refractivity contribution >= 4 is 23.1 Å². The monoisotopic (exact) mass is 484 g/mol. The van der Waals surface area contributed by atoms with Gasteiger partial charge in [-0.3, -0.25) is 9.78 Å². The third-order valence-electron chi connectivity index (χ3n) is 7.52. The van der Waals surface area contributed by atoms with Gasteiger partial charge >= 0.3 is 0 Å². The third kappa shape index (κ3) is 4.54. The molecule has 1 atom stereocenters. The van der Waals surface area contributed by atoms with Crippen LogP contribution in [0.1, 0.15) is 40.4 Å². The van der Waals surface area contributed by atoms with Crippen molar-refractivity contribution in [3.63, 3.8) is 0 Å². The Hall–Kier alpha value is -3.49. The van der Waals surface area contributed by atoms with Crippen molar-refractivity contribution in [2.24, 2.45) is 0 Å². The van der Waals surface area contributed by atoms with Crippen LogP contribution in [0.25, 0.3) is 11.1 Å². The number of anilines is 3. The number of rotatable bonds is 5. The van der Waals surface area contributed by atoms with E-state index < -0.39 is 0 Å². The van der Waals surface area contributed by atoms with Gasteiger partial charge in [0.15, 0.2) is 0 Å². The first-order valence-electron chi connectivity index (χ1n) is 12.8. The highest BCUT2D eigenvalue weighted by atomic mass is 16.5. The van der Waals surface area contributed by atoms with Crippen molar-refractivity contribution in [3.8, 4) is 11.1 Å². The van der Waals surface area contributed by atoms with Gasteiger partial charge in [0.2, 0.25) is 0 Å². The van der Waals surface area contributed by atoms with Crippen LogP contribution in [0.4, 0.5) is 17.2 Å². The third-order valence-corrected chi connectivity index (χ3v) is 7.52. The van der Waals surface area contributed by atoms with Crippen LogP contribution in [0.15, 0.2) is 48.8 Å². The molecule has 36 heavy (non-hydrogen) atoms. The minimum atomic E-state index is -0.0571. The van der Waals surface area contributed by atoms with Crippen molar-refractivity contribution in [2.45, 2.75) is 25.3 Å². The average molecular weight is 485 g/mol. The van der Waals surface area contributed by atoms with Gasteiger partial charge in [0, 0.05) is 57.1 Å². The van der Waals surface area contributed by atoms with E-state index in [1.54, 1.807) is 0 Å². The average Bonchev–Trinajstić information content (AvgIpc) is 3.32. The summed E-state index contributed by atoms with van der Waals surface area (Å²) in [5.41, 5.74) is 6.81. The van der Waals surface area contributed by atoms with Gasteiger partial charge in [0.25, 0.3) is 5.91 Å². The van der Waals surface area contributed by atoms with Gasteiger partial charge in [0.1, 0.15) is 5.82 Å². The molecule has 3 aliphatic heterocycles. The van der Waals surface area contributed by atoms with Gasteiger partial charge in [-0.1, -0.05) is 6.07 Å². The Balaban J connectivity index is 1.25. The van der Waals surface area contributed by atoms with Gasteiger partial charge < -0.3 is 25.2 Å². The Kier molecular flexibility index (Phi) is 6.29. The number of hydrogen-bond acceptors (Lipinski definition) is 7. The maximum absolute atomic E-state index is 12.9. The van der Waals surface area contributed by atoms with E-state index in [9.17, 15) is 4.79 Å². The largest absolute Gasteiger partial charge is 0.381 e. The van der Waals surface area contributed by atoms with Crippen molar-refractivity contribution in [3.05, 3.63) is 65.6 Å². The standard InChI is InChI=1S/C28H32N6O2/c1-33-10-12-34(13-11-33)21-4-7-26(30-16-21)32-24-6-5-22(23-17-31-28(35)27(23)24)19-8-9-29-25(15-19)20-3-2-14-36-18-20/h4-9,15-16,20H,2-3,10-14,17-18H2,1H3,(H,30,32)(H,31,35). The van der Waals surface area contributed by atoms with Gasteiger partial charge in [-0.05, 0) is 66.9 Å². The molecule has 2 fully saturated rings. The fourth-order valence-corrected chi connectivity index (χ4v) is 5.39. The highest BCUT2D eigenvalue weighted by Gasteiger charge is 2.27. The second kappa shape index (κ2) is 9.87. The molecule has 5 heterocycles. The van der Waals surface area contributed by atoms with E-state index in [-0.39, 0.29) is 5.91 Å². The number of carbonyl (C=O) groups is 1. The van der Waals surface area contributed by atoms with Crippen molar-refractivity contribution < 1.29 is 9.53 Å². The first kappa shape index (κ1) is 22.9. The van der Waals surface area contributed by atoms with Gasteiger partial charge in [0.05, 0.1) is 29.7 Å². The number of ether oxygens (including phenoxy) is 1. The first-order valence-corrected chi connectivity index (χ1v) is 12.8. The Morgan fingerprint density at radius 1 is 1.08 bits per heavy atom. The van der Waals surface area contributed by atoms with E-state index in [2.05, 4.69) is 55.6 Å². The molecule has 3 aromatic rings. The fourth-order valence-electron chi connectivity index (χ4n) is 5.39. The van der Waals surface area contributed by atoms with Crippen LogP contribution in [-0.2, 0) is 11.3 Å². The van der Waals surface area contributed by atoms with Crippen molar-refractivity contribution in [2.75, 3.05) is 56.7 Å². The highest BCUT2D eigenvalue weighted by molar-refractivity contribution is 6.06. The van der Waals surface area contributed by atoms with E-state index in [0.717, 1.165) is 91.8 Å². The molecular formula is C28H32N6O2. The number of nitrogens with one attached hydrogen (secondary N) is 2. The Labute approximate surface area is 211 Å². The molecule has 8 heteroatoms. The molecule has 0 aliphatic carbocycles. The van der Waals surface area contributed by atoms with Crippen LogP contribution in [0.2, 0.25) is 0 Å². The zero-order chi connectivity index (χ0) is 24.5. The molecule has 1 aromatic carbocycles. The quantitative estimate of drug-likeness (QED) is 0.570. The molecule has 6 rings (SSSR count). The van der Waals surface area contributed by atoms with E-state index in [4.69, 9.17) is 4.74 Å². The smallest absolute Gasteiger partial charge is 0.254 e. The van der Waals surface area contributed by atoms with Crippen molar-refractivity contribution in [1.82, 2.24) is 20.2 Å². The molecule has 1 unspecified atom stereocenters. The molecule has 0 spiro atoms. The van der Waals surface area contributed by atoms with Crippen LogP contribution in [0.5, 0.6) is 0 Å². The van der Waals surface area contributed by atoms with Gasteiger partial charge in [-0.25, -0.2) is 4.98 Å². The normalized spacial score (nSPS) is 20.2. The molecule has 0 bridgehead atoms. The molecule has 8 nitrogen and oxygen atoms in total. The first-order chi connectivity index (χ1) is 17.7. The predicted molar refractivity (Wildman–Crippen MR) is 141 cm³/mol. The lowest BCUT2D eigenvalue weighted by Crippen LogP contribution is -2.44. The molecule has 2 aromatic heterocycles. The Morgan fingerprint density at radius 3 is 2.75 bits per heavy atom. The lowest BCUT2D eigenvalue weighted by Gasteiger charge is -2.33. The second-order valence-corrected chi connectivity index (χ2v) is 9.90. The van der Waals surface area contributed by atoms with Crippen LogP contribution < -0.4 is 15.5 Å². The number of piperazine rings is 1. The molecule has 0 saturated carbocycles. The zero-order valence-electron chi connectivity index (χ0n) is 20.7. The Morgan fingerprint density at radius 2 is 1.97 bits per heavy atom. The van der Waals surface area contributed by atoms with E-state index >= 15 is 0 Å². The maximum Gasteiger partial charge on any atom is 0.254 e. The topological polar surface area (TPSA) is 82.6 Å². The summed E-state index contributed by atoms with van der Waals surface area (Å²) in [5.74, 6) is 0.997. The summed E-state index contributed by atoms with van der Waals surface area (Å²) in [5, 5.41) is 6.40. The van der Waals surface area contributed by atoms with Crippen LogP contribution in [0, 0.1) is 0 Å². The number of nitrogens with zero attached hydrogens (tertiary/aromatic N) is 4. The molecule has 186 valence electrons. The van der Waals surface area contributed by atoms with Crippen molar-refractivity contribution in [1.29, 1.82) is 0 Å². The molecule has 1 amide bonds. The molecule has 2 saturated heterocycles. The summed E-state index contributed by atoms with van der Waals surface area (Å²) in [6.07, 6.45) is 5.94. The summed E-state index contributed by atoms with van der Waals surface area (Å²) in [6.45, 7) is 6.19. The minimum Gasteiger partial charge on any atom is -0.381 e. The van der Waals surface area contributed by atoms with E-state index in [1.807, 2.05) is 30.6 Å². The number of hydrogen-bond donors (Lipinski definition) is 2.